The van der Waals surface area contributed by atoms with Gasteiger partial charge in [-0.05, 0) is 29.8 Å². The van der Waals surface area contributed by atoms with Crippen LogP contribution in [0.2, 0.25) is 0 Å². The van der Waals surface area contributed by atoms with Crippen molar-refractivity contribution in [1.82, 2.24) is 0 Å². The summed E-state index contributed by atoms with van der Waals surface area (Å²) >= 11 is 0. The number of rotatable bonds is 5. The zero-order chi connectivity index (χ0) is 15.4. The largest absolute Gasteiger partial charge is 0.496 e. The van der Waals surface area contributed by atoms with Gasteiger partial charge >= 0.3 is 0 Å². The monoisotopic (exact) mass is 294 g/mol. The van der Waals surface area contributed by atoms with E-state index in [4.69, 9.17) is 9.47 Å². The Kier molecular flexibility index (Phi) is 4.75. The van der Waals surface area contributed by atoms with Crippen LogP contribution >= 0.6 is 0 Å². The Labute approximate surface area is 121 Å². The molecule has 3 nitrogen and oxygen atoms in total. The van der Waals surface area contributed by atoms with Gasteiger partial charge in [0, 0.05) is 12.5 Å². The van der Waals surface area contributed by atoms with Gasteiger partial charge < -0.3 is 14.6 Å². The number of ether oxygens (including phenoxy) is 2. The summed E-state index contributed by atoms with van der Waals surface area (Å²) in [5.74, 6) is -0.439. The molecule has 0 spiro atoms. The second-order valence-electron chi connectivity index (χ2n) is 4.57. The van der Waals surface area contributed by atoms with Crippen LogP contribution in [-0.2, 0) is 6.42 Å². The maximum Gasteiger partial charge on any atom is 0.128 e. The van der Waals surface area contributed by atoms with Crippen molar-refractivity contribution in [1.29, 1.82) is 0 Å². The van der Waals surface area contributed by atoms with Crippen molar-refractivity contribution in [3.05, 3.63) is 59.2 Å². The Bertz CT molecular complexity index is 586. The summed E-state index contributed by atoms with van der Waals surface area (Å²) in [5, 5.41) is 10.4. The van der Waals surface area contributed by atoms with Crippen molar-refractivity contribution < 1.29 is 23.4 Å². The zero-order valence-electron chi connectivity index (χ0n) is 11.8. The molecular weight excluding hydrogens is 278 g/mol. The topological polar surface area (TPSA) is 38.7 Å². The first-order chi connectivity index (χ1) is 10.0. The summed E-state index contributed by atoms with van der Waals surface area (Å²) in [4.78, 5) is 0. The predicted octanol–water partition coefficient (Wildman–Crippen LogP) is 3.26. The molecule has 21 heavy (non-hydrogen) atoms. The van der Waals surface area contributed by atoms with E-state index >= 15 is 0 Å². The summed E-state index contributed by atoms with van der Waals surface area (Å²) in [5.41, 5.74) is 0.806. The van der Waals surface area contributed by atoms with Crippen molar-refractivity contribution >= 4 is 0 Å². The second kappa shape index (κ2) is 6.54. The highest BCUT2D eigenvalue weighted by Crippen LogP contribution is 2.35. The molecule has 2 aromatic carbocycles. The fourth-order valence-electron chi connectivity index (χ4n) is 2.26. The maximum atomic E-state index is 13.2. The number of hydrogen-bond donors (Lipinski definition) is 1. The minimum atomic E-state index is -1.00. The number of aliphatic hydroxyl groups is 1. The predicted molar refractivity (Wildman–Crippen MR) is 74.6 cm³/mol. The molecule has 0 saturated carbocycles. The van der Waals surface area contributed by atoms with Gasteiger partial charge in [0.15, 0.2) is 0 Å². The van der Waals surface area contributed by atoms with Crippen molar-refractivity contribution in [2.75, 3.05) is 14.2 Å². The molecule has 0 saturated heterocycles. The first-order valence-electron chi connectivity index (χ1n) is 6.39. The molecule has 0 radical (unpaired) electrons. The average molecular weight is 294 g/mol. The smallest absolute Gasteiger partial charge is 0.128 e. The molecule has 112 valence electrons. The van der Waals surface area contributed by atoms with E-state index < -0.39 is 17.7 Å². The van der Waals surface area contributed by atoms with Crippen LogP contribution < -0.4 is 9.47 Å². The molecule has 1 unspecified atom stereocenters. The maximum absolute atomic E-state index is 13.2. The zero-order valence-corrected chi connectivity index (χ0v) is 11.8. The summed E-state index contributed by atoms with van der Waals surface area (Å²) in [6.45, 7) is 0. The van der Waals surface area contributed by atoms with Crippen molar-refractivity contribution in [2.45, 2.75) is 12.5 Å². The quantitative estimate of drug-likeness (QED) is 0.920. The lowest BCUT2D eigenvalue weighted by Gasteiger charge is -2.18. The van der Waals surface area contributed by atoms with Gasteiger partial charge in [-0.2, -0.15) is 0 Å². The first kappa shape index (κ1) is 15.3. The van der Waals surface area contributed by atoms with Crippen molar-refractivity contribution in [3.63, 3.8) is 0 Å². The summed E-state index contributed by atoms with van der Waals surface area (Å²) in [6, 6.07) is 8.28. The summed E-state index contributed by atoms with van der Waals surface area (Å²) in [6.07, 6.45) is -0.955. The van der Waals surface area contributed by atoms with E-state index in [0.717, 1.165) is 6.07 Å². The molecule has 0 heterocycles. The molecule has 0 aliphatic rings. The summed E-state index contributed by atoms with van der Waals surface area (Å²) in [7, 11) is 2.96. The number of aliphatic hydroxyl groups excluding tert-OH is 1. The highest BCUT2D eigenvalue weighted by atomic mass is 19.1. The van der Waals surface area contributed by atoms with E-state index in [2.05, 4.69) is 0 Å². The molecule has 0 bridgehead atoms. The number of halogens is 2. The molecule has 1 atom stereocenters. The van der Waals surface area contributed by atoms with E-state index in [1.807, 2.05) is 0 Å². The third-order valence-corrected chi connectivity index (χ3v) is 3.15. The highest BCUT2D eigenvalue weighted by Gasteiger charge is 2.19. The molecule has 0 aliphatic carbocycles. The van der Waals surface area contributed by atoms with Crippen LogP contribution in [-0.4, -0.2) is 19.3 Å². The SMILES string of the molecule is COc1cccc(OC)c1C(O)Cc1cc(F)cc(F)c1. The van der Waals surface area contributed by atoms with Gasteiger partial charge in [0.25, 0.3) is 0 Å². The fourth-order valence-corrected chi connectivity index (χ4v) is 2.26. The number of methoxy groups -OCH3 is 2. The van der Waals surface area contributed by atoms with Crippen LogP contribution in [0.5, 0.6) is 11.5 Å². The minimum Gasteiger partial charge on any atom is -0.496 e. The lowest BCUT2D eigenvalue weighted by molar-refractivity contribution is 0.169. The van der Waals surface area contributed by atoms with E-state index in [-0.39, 0.29) is 6.42 Å². The van der Waals surface area contributed by atoms with Crippen molar-refractivity contribution in [3.8, 4) is 11.5 Å². The van der Waals surface area contributed by atoms with Gasteiger partial charge in [-0.15, -0.1) is 0 Å². The van der Waals surface area contributed by atoms with Crippen LogP contribution in [0.15, 0.2) is 36.4 Å². The first-order valence-corrected chi connectivity index (χ1v) is 6.39. The van der Waals surface area contributed by atoms with Crippen LogP contribution in [0.3, 0.4) is 0 Å². The molecule has 0 aliphatic heterocycles. The van der Waals surface area contributed by atoms with E-state index in [1.165, 1.54) is 26.4 Å². The van der Waals surface area contributed by atoms with Crippen LogP contribution in [0, 0.1) is 11.6 Å². The van der Waals surface area contributed by atoms with Crippen molar-refractivity contribution in [2.24, 2.45) is 0 Å². The van der Waals surface area contributed by atoms with Gasteiger partial charge in [-0.3, -0.25) is 0 Å². The van der Waals surface area contributed by atoms with Gasteiger partial charge in [0.2, 0.25) is 0 Å². The molecule has 1 N–H and O–H groups in total. The minimum absolute atomic E-state index is 0.0470. The highest BCUT2D eigenvalue weighted by molar-refractivity contribution is 5.46. The van der Waals surface area contributed by atoms with Gasteiger partial charge in [-0.25, -0.2) is 8.78 Å². The Morgan fingerprint density at radius 2 is 1.52 bits per heavy atom. The average Bonchev–Trinajstić information content (AvgIpc) is 2.45. The van der Waals surface area contributed by atoms with Crippen LogP contribution in [0.4, 0.5) is 8.78 Å². The fraction of sp³-hybridized carbons (Fsp3) is 0.250. The lowest BCUT2D eigenvalue weighted by Crippen LogP contribution is -2.07. The van der Waals surface area contributed by atoms with E-state index in [0.29, 0.717) is 22.6 Å². The Hall–Kier alpha value is -2.14. The molecule has 5 heteroatoms. The number of hydrogen-bond acceptors (Lipinski definition) is 3. The molecule has 2 aromatic rings. The Morgan fingerprint density at radius 3 is 2.00 bits per heavy atom. The van der Waals surface area contributed by atoms with Crippen LogP contribution in [0.1, 0.15) is 17.2 Å². The lowest BCUT2D eigenvalue weighted by atomic mass is 9.99. The molecular formula is C16H16F2O3. The van der Waals surface area contributed by atoms with Gasteiger partial charge in [0.1, 0.15) is 23.1 Å². The van der Waals surface area contributed by atoms with E-state index in [1.54, 1.807) is 18.2 Å². The normalized spacial score (nSPS) is 12.0. The standard InChI is InChI=1S/C16H16F2O3/c1-20-14-4-3-5-15(21-2)16(14)13(19)8-10-6-11(17)9-12(18)7-10/h3-7,9,13,19H,8H2,1-2H3. The van der Waals surface area contributed by atoms with Gasteiger partial charge in [0.05, 0.1) is 25.9 Å². The third-order valence-electron chi connectivity index (χ3n) is 3.15. The van der Waals surface area contributed by atoms with Crippen LogP contribution in [0.25, 0.3) is 0 Å². The summed E-state index contributed by atoms with van der Waals surface area (Å²) < 4.78 is 36.8. The van der Waals surface area contributed by atoms with Gasteiger partial charge in [-0.1, -0.05) is 6.07 Å². The molecule has 0 amide bonds. The third kappa shape index (κ3) is 3.49. The number of benzene rings is 2. The van der Waals surface area contributed by atoms with E-state index in [9.17, 15) is 13.9 Å². The molecule has 0 fully saturated rings. The second-order valence-corrected chi connectivity index (χ2v) is 4.57. The Morgan fingerprint density at radius 1 is 1.00 bits per heavy atom. The molecule has 0 aromatic heterocycles. The molecule has 2 rings (SSSR count). The Balaban J connectivity index is 2.33.